The minimum Gasteiger partial charge on any atom is -0.434 e. The van der Waals surface area contributed by atoms with E-state index < -0.39 is 29.4 Å². The van der Waals surface area contributed by atoms with Crippen LogP contribution in [0, 0.1) is 11.6 Å². The highest BCUT2D eigenvalue weighted by atomic mass is 19.3. The molecule has 1 atom stereocenters. The summed E-state index contributed by atoms with van der Waals surface area (Å²) in [5.41, 5.74) is -0.984. The fourth-order valence-corrected chi connectivity index (χ4v) is 5.53. The molecule has 0 bridgehead atoms. The van der Waals surface area contributed by atoms with Gasteiger partial charge in [0, 0.05) is 62.9 Å². The summed E-state index contributed by atoms with van der Waals surface area (Å²) in [6.45, 7) is 2.62. The lowest BCUT2D eigenvalue weighted by molar-refractivity contribution is -0.138. The molecule has 2 aromatic carbocycles. The molecule has 0 unspecified atom stereocenters. The van der Waals surface area contributed by atoms with Crippen molar-refractivity contribution in [3.63, 3.8) is 0 Å². The zero-order valence-electron chi connectivity index (χ0n) is 25.2. The van der Waals surface area contributed by atoms with Crippen molar-refractivity contribution in [1.82, 2.24) is 24.2 Å². The maximum Gasteiger partial charge on any atom is 0.387 e. The van der Waals surface area contributed by atoms with Crippen LogP contribution in [0.25, 0.3) is 22.0 Å². The summed E-state index contributed by atoms with van der Waals surface area (Å²) < 4.78 is 69.9. The van der Waals surface area contributed by atoms with Crippen LogP contribution in [0.15, 0.2) is 47.5 Å². The lowest BCUT2D eigenvalue weighted by atomic mass is 10.1. The second-order valence-corrected chi connectivity index (χ2v) is 10.9. The number of unbranched alkanes of at least 4 members (excludes halogenated alkanes) is 1. The molecule has 0 N–H and O–H groups in total. The second-order valence-electron chi connectivity index (χ2n) is 10.9. The van der Waals surface area contributed by atoms with E-state index in [0.717, 1.165) is 23.6 Å². The van der Waals surface area contributed by atoms with Gasteiger partial charge in [0.25, 0.3) is 5.56 Å². The van der Waals surface area contributed by atoms with E-state index in [1.54, 1.807) is 11.0 Å². The minimum absolute atomic E-state index is 0.0300. The van der Waals surface area contributed by atoms with Crippen LogP contribution in [0.2, 0.25) is 0 Å². The maximum atomic E-state index is 16.2. The standard InChI is InChI=1S/C31H34F4N6O4/c1-4-5-12-44-18-25(42)40-11-10-39(16-19(40)2)31-36-14-21(15-37-31)26-23(32)13-22-28(27(26)33)41(38(3)29(22)43)17-20-8-6-7-9-24(20)45-30(34)35/h6-9,13-15,19,30H,4-5,10-12,16-18H2,1-3H3/t19-/m1/s1. The maximum absolute atomic E-state index is 16.2. The highest BCUT2D eigenvalue weighted by Gasteiger charge is 2.29. The molecule has 1 amide bonds. The number of hydrogen-bond acceptors (Lipinski definition) is 7. The van der Waals surface area contributed by atoms with E-state index >= 15 is 8.78 Å². The third-order valence-electron chi connectivity index (χ3n) is 7.87. The normalized spacial score (nSPS) is 15.3. The van der Waals surface area contributed by atoms with Crippen LogP contribution < -0.4 is 15.2 Å². The Morgan fingerprint density at radius 2 is 1.87 bits per heavy atom. The predicted octanol–water partition coefficient (Wildman–Crippen LogP) is 4.58. The molecular formula is C31H34F4N6O4. The van der Waals surface area contributed by atoms with Crippen LogP contribution >= 0.6 is 0 Å². The minimum atomic E-state index is -3.08. The van der Waals surface area contributed by atoms with Gasteiger partial charge in [-0.25, -0.2) is 18.7 Å². The van der Waals surface area contributed by atoms with E-state index in [0.29, 0.717) is 32.2 Å². The molecule has 1 saturated heterocycles. The topological polar surface area (TPSA) is 94.7 Å². The van der Waals surface area contributed by atoms with Gasteiger partial charge in [0.1, 0.15) is 23.7 Å². The van der Waals surface area contributed by atoms with Crippen molar-refractivity contribution in [3.05, 3.63) is 70.3 Å². The zero-order valence-corrected chi connectivity index (χ0v) is 25.2. The second kappa shape index (κ2) is 13.7. The molecule has 2 aromatic heterocycles. The molecule has 0 radical (unpaired) electrons. The van der Waals surface area contributed by atoms with Gasteiger partial charge >= 0.3 is 6.61 Å². The summed E-state index contributed by atoms with van der Waals surface area (Å²) in [5.74, 6) is -1.87. The summed E-state index contributed by atoms with van der Waals surface area (Å²) >= 11 is 0. The largest absolute Gasteiger partial charge is 0.434 e. The number of ether oxygens (including phenoxy) is 2. The summed E-state index contributed by atoms with van der Waals surface area (Å²) in [5, 5.41) is -0.210. The van der Waals surface area contributed by atoms with Crippen molar-refractivity contribution in [2.75, 3.05) is 37.7 Å². The molecule has 1 aliphatic heterocycles. The Kier molecular flexibility index (Phi) is 9.71. The van der Waals surface area contributed by atoms with Crippen molar-refractivity contribution in [1.29, 1.82) is 0 Å². The van der Waals surface area contributed by atoms with Crippen LogP contribution in [0.3, 0.4) is 0 Å². The molecule has 0 aliphatic carbocycles. The number of anilines is 1. The van der Waals surface area contributed by atoms with Gasteiger partial charge in [-0.1, -0.05) is 31.5 Å². The third-order valence-corrected chi connectivity index (χ3v) is 7.87. The number of para-hydroxylation sites is 1. The molecule has 3 heterocycles. The number of hydrogen-bond donors (Lipinski definition) is 0. The number of piperazine rings is 1. The lowest BCUT2D eigenvalue weighted by Crippen LogP contribution is -2.55. The fraction of sp³-hybridized carbons (Fsp3) is 0.419. The zero-order chi connectivity index (χ0) is 32.2. The molecule has 5 rings (SSSR count). The van der Waals surface area contributed by atoms with Gasteiger partial charge in [-0.3, -0.25) is 19.0 Å². The fourth-order valence-electron chi connectivity index (χ4n) is 5.53. The van der Waals surface area contributed by atoms with Gasteiger partial charge in [0.15, 0.2) is 5.82 Å². The van der Waals surface area contributed by atoms with E-state index in [2.05, 4.69) is 21.6 Å². The number of fused-ring (bicyclic) bond motifs is 1. The van der Waals surface area contributed by atoms with Gasteiger partial charge in [0.05, 0.1) is 17.5 Å². The first-order chi connectivity index (χ1) is 21.6. The summed E-state index contributed by atoms with van der Waals surface area (Å²) in [4.78, 5) is 37.9. The Balaban J connectivity index is 1.39. The Bertz CT molecular complexity index is 1730. The number of rotatable bonds is 11. The number of carbonyl (C=O) groups is 1. The Hall–Kier alpha value is -4.46. The third kappa shape index (κ3) is 6.65. The van der Waals surface area contributed by atoms with E-state index in [4.69, 9.17) is 4.74 Å². The van der Waals surface area contributed by atoms with Gasteiger partial charge in [-0.05, 0) is 25.5 Å². The lowest BCUT2D eigenvalue weighted by Gasteiger charge is -2.39. The molecule has 4 aromatic rings. The quantitative estimate of drug-likeness (QED) is 0.177. The number of nitrogens with zero attached hydrogens (tertiary/aromatic N) is 6. The van der Waals surface area contributed by atoms with Crippen LogP contribution in [0.4, 0.5) is 23.5 Å². The summed E-state index contributed by atoms with van der Waals surface area (Å²) in [7, 11) is 1.38. The van der Waals surface area contributed by atoms with Crippen LogP contribution in [-0.4, -0.2) is 75.6 Å². The van der Waals surface area contributed by atoms with Crippen molar-refractivity contribution >= 4 is 22.8 Å². The first kappa shape index (κ1) is 31.9. The Morgan fingerprint density at radius 1 is 1.13 bits per heavy atom. The molecule has 14 heteroatoms. The molecule has 1 fully saturated rings. The summed E-state index contributed by atoms with van der Waals surface area (Å²) in [6, 6.07) is 6.78. The number of benzene rings is 2. The van der Waals surface area contributed by atoms with E-state index in [-0.39, 0.29) is 52.9 Å². The van der Waals surface area contributed by atoms with Gasteiger partial charge in [0.2, 0.25) is 11.9 Å². The number of alkyl halides is 2. The molecule has 0 saturated carbocycles. The van der Waals surface area contributed by atoms with Crippen molar-refractivity contribution < 1.29 is 31.8 Å². The molecule has 10 nitrogen and oxygen atoms in total. The Labute approximate surface area is 256 Å². The van der Waals surface area contributed by atoms with E-state index in [1.807, 2.05) is 11.8 Å². The molecule has 240 valence electrons. The average Bonchev–Trinajstić information content (AvgIpc) is 3.24. The SMILES string of the molecule is CCCCOCC(=O)N1CCN(c2ncc(-c3c(F)cc4c(=O)n(C)n(Cc5ccccc5OC(F)F)c4c3F)cn2)C[C@H]1C. The van der Waals surface area contributed by atoms with E-state index in [9.17, 15) is 18.4 Å². The number of carbonyl (C=O) groups excluding carboxylic acids is 1. The molecule has 0 spiro atoms. The van der Waals surface area contributed by atoms with Crippen molar-refractivity contribution in [2.24, 2.45) is 7.05 Å². The van der Waals surface area contributed by atoms with Crippen molar-refractivity contribution in [2.45, 2.75) is 45.9 Å². The molecular weight excluding hydrogens is 596 g/mol. The van der Waals surface area contributed by atoms with Crippen LogP contribution in [-0.2, 0) is 23.1 Å². The van der Waals surface area contributed by atoms with Crippen LogP contribution in [0.1, 0.15) is 32.3 Å². The monoisotopic (exact) mass is 630 g/mol. The van der Waals surface area contributed by atoms with Gasteiger partial charge < -0.3 is 19.3 Å². The number of aromatic nitrogens is 4. The first-order valence-corrected chi connectivity index (χ1v) is 14.7. The highest BCUT2D eigenvalue weighted by Crippen LogP contribution is 2.32. The van der Waals surface area contributed by atoms with Gasteiger partial charge in [-0.2, -0.15) is 8.78 Å². The predicted molar refractivity (Wildman–Crippen MR) is 159 cm³/mol. The molecule has 45 heavy (non-hydrogen) atoms. The van der Waals surface area contributed by atoms with E-state index in [1.165, 1.54) is 42.3 Å². The number of halogens is 4. The van der Waals surface area contributed by atoms with Gasteiger partial charge in [-0.15, -0.1) is 0 Å². The molecule has 1 aliphatic rings. The van der Waals surface area contributed by atoms with Crippen molar-refractivity contribution in [3.8, 4) is 16.9 Å². The average molecular weight is 631 g/mol. The highest BCUT2D eigenvalue weighted by molar-refractivity contribution is 5.86. The smallest absolute Gasteiger partial charge is 0.387 e. The number of amides is 1. The van der Waals surface area contributed by atoms with Crippen LogP contribution in [0.5, 0.6) is 5.75 Å². The summed E-state index contributed by atoms with van der Waals surface area (Å²) in [6.07, 6.45) is 4.48. The first-order valence-electron chi connectivity index (χ1n) is 14.7. The Morgan fingerprint density at radius 3 is 2.56 bits per heavy atom.